The number of carbonyl (C=O) groups excluding carboxylic acids is 1. The van der Waals surface area contributed by atoms with E-state index in [4.69, 9.17) is 0 Å². The highest BCUT2D eigenvalue weighted by molar-refractivity contribution is 5.95. The van der Waals surface area contributed by atoms with Crippen LogP contribution in [0.4, 0.5) is 0 Å². The summed E-state index contributed by atoms with van der Waals surface area (Å²) in [5.41, 5.74) is 0.490. The smallest absolute Gasteiger partial charge is 0.326 e. The third-order valence-electron chi connectivity index (χ3n) is 3.33. The molecule has 0 aromatic carbocycles. The molecule has 19 heavy (non-hydrogen) atoms. The molecule has 5 nitrogen and oxygen atoms in total. The molecule has 0 fully saturated rings. The number of nitrogens with zero attached hydrogens (tertiary/aromatic N) is 1. The average Bonchev–Trinajstić information content (AvgIpc) is 2.83. The van der Waals surface area contributed by atoms with Gasteiger partial charge in [0.05, 0.1) is 0 Å². The van der Waals surface area contributed by atoms with Crippen LogP contribution >= 0.6 is 0 Å². The normalized spacial score (nSPS) is 14.2. The summed E-state index contributed by atoms with van der Waals surface area (Å²) in [6, 6.07) is 2.79. The first-order valence-corrected chi connectivity index (χ1v) is 6.59. The van der Waals surface area contributed by atoms with Crippen LogP contribution in [0, 0.1) is 5.92 Å². The summed E-state index contributed by atoms with van der Waals surface area (Å²) in [7, 11) is 0. The molecule has 1 aromatic rings. The van der Waals surface area contributed by atoms with Gasteiger partial charge in [-0.1, -0.05) is 20.3 Å². The molecule has 1 rings (SSSR count). The monoisotopic (exact) mass is 266 g/mol. The number of amides is 1. The van der Waals surface area contributed by atoms with Gasteiger partial charge in [-0.2, -0.15) is 0 Å². The first-order valence-electron chi connectivity index (χ1n) is 6.59. The van der Waals surface area contributed by atoms with Crippen molar-refractivity contribution >= 4 is 11.9 Å². The molecule has 0 bridgehead atoms. The van der Waals surface area contributed by atoms with E-state index in [9.17, 15) is 14.7 Å². The Kier molecular flexibility index (Phi) is 5.15. The van der Waals surface area contributed by atoms with E-state index in [1.165, 1.54) is 0 Å². The molecule has 2 unspecified atom stereocenters. The van der Waals surface area contributed by atoms with Crippen LogP contribution in [0.15, 0.2) is 18.3 Å². The number of carbonyl (C=O) groups is 2. The van der Waals surface area contributed by atoms with Crippen LogP contribution in [0.25, 0.3) is 0 Å². The fraction of sp³-hybridized carbons (Fsp3) is 0.571. The highest BCUT2D eigenvalue weighted by atomic mass is 16.4. The third-order valence-corrected chi connectivity index (χ3v) is 3.33. The minimum absolute atomic E-state index is 0.107. The second kappa shape index (κ2) is 6.41. The molecular formula is C14H22N2O3. The van der Waals surface area contributed by atoms with Gasteiger partial charge in [-0.25, -0.2) is 4.79 Å². The van der Waals surface area contributed by atoms with Gasteiger partial charge in [-0.05, 0) is 31.9 Å². The number of aromatic nitrogens is 1. The minimum Gasteiger partial charge on any atom is -0.480 e. The van der Waals surface area contributed by atoms with Crippen molar-refractivity contribution in [3.8, 4) is 0 Å². The second-order valence-corrected chi connectivity index (χ2v) is 5.07. The summed E-state index contributed by atoms with van der Waals surface area (Å²) in [5, 5.41) is 11.8. The van der Waals surface area contributed by atoms with Crippen LogP contribution in [0.3, 0.4) is 0 Å². The molecule has 0 aliphatic carbocycles. The van der Waals surface area contributed by atoms with E-state index in [-0.39, 0.29) is 17.9 Å². The van der Waals surface area contributed by atoms with Crippen molar-refractivity contribution in [1.82, 2.24) is 9.88 Å². The standard InChI is InChI=1S/C14H22N2O3/c1-5-10(4)12(14(18)19)15-13(17)11-7-6-8-16(11)9(2)3/h6-10,12H,5H2,1-4H3,(H,15,17)(H,18,19). The number of rotatable bonds is 6. The lowest BCUT2D eigenvalue weighted by atomic mass is 9.99. The largest absolute Gasteiger partial charge is 0.480 e. The molecule has 1 heterocycles. The Morgan fingerprint density at radius 3 is 2.47 bits per heavy atom. The number of carboxylic acids is 1. The predicted molar refractivity (Wildman–Crippen MR) is 73.2 cm³/mol. The predicted octanol–water partition coefficient (Wildman–Crippen LogP) is 2.30. The summed E-state index contributed by atoms with van der Waals surface area (Å²) in [6.45, 7) is 7.67. The maximum atomic E-state index is 12.2. The fourth-order valence-electron chi connectivity index (χ4n) is 1.93. The molecule has 5 heteroatoms. The Bertz CT molecular complexity index is 451. The molecule has 0 aliphatic heterocycles. The van der Waals surface area contributed by atoms with Crippen molar-refractivity contribution in [2.45, 2.75) is 46.2 Å². The number of hydrogen-bond donors (Lipinski definition) is 2. The molecule has 1 amide bonds. The second-order valence-electron chi connectivity index (χ2n) is 5.07. The van der Waals surface area contributed by atoms with Gasteiger partial charge in [0.2, 0.25) is 0 Å². The van der Waals surface area contributed by atoms with Crippen molar-refractivity contribution in [1.29, 1.82) is 0 Å². The van der Waals surface area contributed by atoms with Crippen molar-refractivity contribution < 1.29 is 14.7 Å². The van der Waals surface area contributed by atoms with Gasteiger partial charge in [-0.3, -0.25) is 4.79 Å². The lowest BCUT2D eigenvalue weighted by molar-refractivity contribution is -0.140. The Morgan fingerprint density at radius 2 is 2.00 bits per heavy atom. The van der Waals surface area contributed by atoms with Gasteiger partial charge < -0.3 is 15.0 Å². The Morgan fingerprint density at radius 1 is 1.37 bits per heavy atom. The van der Waals surface area contributed by atoms with Gasteiger partial charge in [-0.15, -0.1) is 0 Å². The van der Waals surface area contributed by atoms with E-state index >= 15 is 0 Å². The van der Waals surface area contributed by atoms with E-state index in [1.54, 1.807) is 12.1 Å². The van der Waals surface area contributed by atoms with Gasteiger partial charge in [0, 0.05) is 12.2 Å². The zero-order valence-electron chi connectivity index (χ0n) is 11.9. The summed E-state index contributed by atoms with van der Waals surface area (Å²) in [6.07, 6.45) is 2.51. The molecule has 2 N–H and O–H groups in total. The zero-order chi connectivity index (χ0) is 14.6. The lowest BCUT2D eigenvalue weighted by Crippen LogP contribution is -2.45. The third kappa shape index (κ3) is 3.59. The SMILES string of the molecule is CCC(C)C(NC(=O)c1cccn1C(C)C)C(=O)O. The van der Waals surface area contributed by atoms with E-state index in [1.807, 2.05) is 38.5 Å². The molecule has 1 aromatic heterocycles. The first kappa shape index (κ1) is 15.3. The molecule has 0 saturated carbocycles. The van der Waals surface area contributed by atoms with Crippen LogP contribution < -0.4 is 5.32 Å². The molecule has 2 atom stereocenters. The highest BCUT2D eigenvalue weighted by Crippen LogP contribution is 2.13. The number of nitrogens with one attached hydrogen (secondary N) is 1. The van der Waals surface area contributed by atoms with E-state index in [0.29, 0.717) is 12.1 Å². The topological polar surface area (TPSA) is 71.3 Å². The molecule has 0 aliphatic rings. The van der Waals surface area contributed by atoms with Crippen LogP contribution in [0.2, 0.25) is 0 Å². The summed E-state index contributed by atoms with van der Waals surface area (Å²) in [4.78, 5) is 23.4. The summed E-state index contributed by atoms with van der Waals surface area (Å²) in [5.74, 6) is -1.44. The van der Waals surface area contributed by atoms with Crippen LogP contribution in [-0.2, 0) is 4.79 Å². The van der Waals surface area contributed by atoms with Gasteiger partial charge in [0.15, 0.2) is 0 Å². The zero-order valence-corrected chi connectivity index (χ0v) is 11.9. The maximum absolute atomic E-state index is 12.2. The minimum atomic E-state index is -0.995. The van der Waals surface area contributed by atoms with Gasteiger partial charge in [0.25, 0.3) is 5.91 Å². The highest BCUT2D eigenvalue weighted by Gasteiger charge is 2.26. The molecule has 0 spiro atoms. The van der Waals surface area contributed by atoms with E-state index in [2.05, 4.69) is 5.32 Å². The Balaban J connectivity index is 2.88. The van der Waals surface area contributed by atoms with E-state index < -0.39 is 12.0 Å². The quantitative estimate of drug-likeness (QED) is 0.830. The van der Waals surface area contributed by atoms with Crippen LogP contribution in [0.1, 0.15) is 50.6 Å². The fourth-order valence-corrected chi connectivity index (χ4v) is 1.93. The molecule has 0 saturated heterocycles. The summed E-state index contributed by atoms with van der Waals surface area (Å²) >= 11 is 0. The number of hydrogen-bond acceptors (Lipinski definition) is 2. The Labute approximate surface area is 113 Å². The molecular weight excluding hydrogens is 244 g/mol. The van der Waals surface area contributed by atoms with Crippen molar-refractivity contribution in [3.05, 3.63) is 24.0 Å². The van der Waals surface area contributed by atoms with Crippen LogP contribution in [-0.4, -0.2) is 27.6 Å². The van der Waals surface area contributed by atoms with Crippen molar-refractivity contribution in [2.24, 2.45) is 5.92 Å². The number of aliphatic carboxylic acids is 1. The first-order chi connectivity index (χ1) is 8.88. The molecule has 106 valence electrons. The molecule has 0 radical (unpaired) electrons. The Hall–Kier alpha value is -1.78. The lowest BCUT2D eigenvalue weighted by Gasteiger charge is -2.21. The van der Waals surface area contributed by atoms with Gasteiger partial charge in [0.1, 0.15) is 11.7 Å². The number of carboxylic acid groups (broad SMARTS) is 1. The van der Waals surface area contributed by atoms with Gasteiger partial charge >= 0.3 is 5.97 Å². The van der Waals surface area contributed by atoms with Crippen molar-refractivity contribution in [2.75, 3.05) is 0 Å². The van der Waals surface area contributed by atoms with Crippen LogP contribution in [0.5, 0.6) is 0 Å². The van der Waals surface area contributed by atoms with E-state index in [0.717, 1.165) is 0 Å². The average molecular weight is 266 g/mol. The summed E-state index contributed by atoms with van der Waals surface area (Å²) < 4.78 is 1.82. The maximum Gasteiger partial charge on any atom is 0.326 e. The van der Waals surface area contributed by atoms with Crippen molar-refractivity contribution in [3.63, 3.8) is 0 Å².